The van der Waals surface area contributed by atoms with E-state index in [0.29, 0.717) is 0 Å². The first kappa shape index (κ1) is 11.9. The van der Waals surface area contributed by atoms with Crippen molar-refractivity contribution in [3.05, 3.63) is 34.4 Å². The van der Waals surface area contributed by atoms with E-state index in [1.165, 1.54) is 18.2 Å². The lowest BCUT2D eigenvalue weighted by atomic mass is 10.2. The summed E-state index contributed by atoms with van der Waals surface area (Å²) in [5.41, 5.74) is 0.00730. The van der Waals surface area contributed by atoms with Gasteiger partial charge in [0, 0.05) is 6.07 Å². The number of benzene rings is 1. The lowest BCUT2D eigenvalue weighted by molar-refractivity contribution is -0.384. The van der Waals surface area contributed by atoms with Crippen LogP contribution in [0.2, 0.25) is 0 Å². The smallest absolute Gasteiger partial charge is 0.334 e. The van der Waals surface area contributed by atoms with Gasteiger partial charge in [-0.2, -0.15) is 0 Å². The van der Waals surface area contributed by atoms with E-state index in [1.54, 1.807) is 6.07 Å². The molecule has 0 aliphatic carbocycles. The summed E-state index contributed by atoms with van der Waals surface area (Å²) in [5.74, 6) is -1.38. The molecule has 0 bridgehead atoms. The Bertz CT molecular complexity index is 407. The lowest BCUT2D eigenvalue weighted by Crippen LogP contribution is -2.28. The largest absolute Gasteiger partial charge is 0.479 e. The first-order valence-electron chi connectivity index (χ1n) is 4.40. The fourth-order valence-electron chi connectivity index (χ4n) is 1.08. The summed E-state index contributed by atoms with van der Waals surface area (Å²) in [6.45, 7) is -0.291. The first-order chi connectivity index (χ1) is 7.52. The van der Waals surface area contributed by atoms with Crippen LogP contribution >= 0.6 is 0 Å². The molecule has 16 heavy (non-hydrogen) atoms. The number of carbonyl (C=O) groups is 1. The SMILES string of the molecule is O=C(O)C(O)CNc1ccccc1[N+](=O)[O-]. The maximum Gasteiger partial charge on any atom is 0.334 e. The zero-order chi connectivity index (χ0) is 12.1. The summed E-state index contributed by atoms with van der Waals surface area (Å²) in [6.07, 6.45) is -1.60. The van der Waals surface area contributed by atoms with E-state index in [-0.39, 0.29) is 17.9 Å². The van der Waals surface area contributed by atoms with Crippen LogP contribution in [0.15, 0.2) is 24.3 Å². The van der Waals surface area contributed by atoms with Gasteiger partial charge in [0.1, 0.15) is 5.69 Å². The summed E-state index contributed by atoms with van der Waals surface area (Å²) in [5, 5.41) is 30.5. The van der Waals surface area contributed by atoms with Crippen LogP contribution in [0.4, 0.5) is 11.4 Å². The number of aliphatic hydroxyl groups is 1. The van der Waals surface area contributed by atoms with E-state index >= 15 is 0 Å². The van der Waals surface area contributed by atoms with E-state index in [9.17, 15) is 14.9 Å². The van der Waals surface area contributed by atoms with Gasteiger partial charge in [0.2, 0.25) is 0 Å². The van der Waals surface area contributed by atoms with Crippen LogP contribution in [0, 0.1) is 10.1 Å². The molecule has 0 heterocycles. The van der Waals surface area contributed by atoms with E-state index in [4.69, 9.17) is 10.2 Å². The Balaban J connectivity index is 2.74. The number of hydrogen-bond acceptors (Lipinski definition) is 5. The standard InChI is InChI=1S/C9H10N2O5/c12-8(9(13)14)5-10-6-3-1-2-4-7(6)11(15)16/h1-4,8,10,12H,5H2,(H,13,14). The number of hydrogen-bond donors (Lipinski definition) is 3. The topological polar surface area (TPSA) is 113 Å². The van der Waals surface area contributed by atoms with Gasteiger partial charge in [-0.15, -0.1) is 0 Å². The third-order valence-electron chi connectivity index (χ3n) is 1.87. The minimum atomic E-state index is -1.60. The Morgan fingerprint density at radius 3 is 2.69 bits per heavy atom. The minimum absolute atomic E-state index is 0.167. The quantitative estimate of drug-likeness (QED) is 0.496. The number of carboxylic acid groups (broad SMARTS) is 1. The number of rotatable bonds is 5. The fourth-order valence-corrected chi connectivity index (χ4v) is 1.08. The molecule has 0 saturated heterocycles. The molecule has 0 radical (unpaired) electrons. The molecule has 0 amide bonds. The Kier molecular flexibility index (Phi) is 3.78. The van der Waals surface area contributed by atoms with Crippen LogP contribution in [0.3, 0.4) is 0 Å². The van der Waals surface area contributed by atoms with Crippen LogP contribution < -0.4 is 5.32 Å². The van der Waals surface area contributed by atoms with E-state index < -0.39 is 17.0 Å². The van der Waals surface area contributed by atoms with Gasteiger partial charge >= 0.3 is 5.97 Å². The average Bonchev–Trinajstić information content (AvgIpc) is 2.25. The number of carboxylic acids is 1. The highest BCUT2D eigenvalue weighted by molar-refractivity contribution is 5.73. The highest BCUT2D eigenvalue weighted by atomic mass is 16.6. The second kappa shape index (κ2) is 5.08. The highest BCUT2D eigenvalue weighted by Gasteiger charge is 2.16. The predicted octanol–water partition coefficient (Wildman–Crippen LogP) is 0.452. The molecule has 0 saturated carbocycles. The van der Waals surface area contributed by atoms with Crippen molar-refractivity contribution < 1.29 is 19.9 Å². The van der Waals surface area contributed by atoms with E-state index in [0.717, 1.165) is 0 Å². The van der Waals surface area contributed by atoms with Gasteiger partial charge in [-0.3, -0.25) is 10.1 Å². The third kappa shape index (κ3) is 2.92. The van der Waals surface area contributed by atoms with Crippen LogP contribution in [0.5, 0.6) is 0 Å². The molecule has 0 aliphatic heterocycles. The molecule has 86 valence electrons. The molecule has 7 nitrogen and oxygen atoms in total. The summed E-state index contributed by atoms with van der Waals surface area (Å²) in [6, 6.07) is 5.79. The molecule has 1 aromatic rings. The first-order valence-corrected chi connectivity index (χ1v) is 4.40. The van der Waals surface area contributed by atoms with Crippen LogP contribution in [0.1, 0.15) is 0 Å². The summed E-state index contributed by atoms with van der Waals surface area (Å²) in [7, 11) is 0. The van der Waals surface area contributed by atoms with Gasteiger partial charge in [0.25, 0.3) is 5.69 Å². The molecule has 7 heteroatoms. The molecule has 1 atom stereocenters. The molecule has 0 aromatic heterocycles. The second-order valence-corrected chi connectivity index (χ2v) is 3.01. The number of anilines is 1. The molecule has 1 rings (SSSR count). The Labute approximate surface area is 90.5 Å². The van der Waals surface area contributed by atoms with Crippen molar-refractivity contribution in [1.29, 1.82) is 0 Å². The Morgan fingerprint density at radius 1 is 1.50 bits per heavy atom. The number of nitro benzene ring substituents is 1. The Morgan fingerprint density at radius 2 is 2.12 bits per heavy atom. The van der Waals surface area contributed by atoms with Gasteiger partial charge in [-0.05, 0) is 6.07 Å². The van der Waals surface area contributed by atoms with Crippen molar-refractivity contribution in [2.24, 2.45) is 0 Å². The maximum absolute atomic E-state index is 10.6. The predicted molar refractivity (Wildman–Crippen MR) is 55.2 cm³/mol. The van der Waals surface area contributed by atoms with Gasteiger partial charge in [0.05, 0.1) is 11.5 Å². The second-order valence-electron chi connectivity index (χ2n) is 3.01. The molecule has 1 aromatic carbocycles. The van der Waals surface area contributed by atoms with Gasteiger partial charge in [0.15, 0.2) is 6.10 Å². The molecule has 0 aliphatic rings. The molecule has 1 unspecified atom stereocenters. The minimum Gasteiger partial charge on any atom is -0.479 e. The van der Waals surface area contributed by atoms with Crippen molar-refractivity contribution in [2.45, 2.75) is 6.10 Å². The molecule has 3 N–H and O–H groups in total. The number of aliphatic hydroxyl groups excluding tert-OH is 1. The van der Waals surface area contributed by atoms with E-state index in [1.807, 2.05) is 0 Å². The molecular formula is C9H10N2O5. The van der Waals surface area contributed by atoms with Crippen molar-refractivity contribution >= 4 is 17.3 Å². The van der Waals surface area contributed by atoms with Crippen LogP contribution in [-0.4, -0.2) is 33.8 Å². The van der Waals surface area contributed by atoms with E-state index in [2.05, 4.69) is 5.32 Å². The summed E-state index contributed by atoms with van der Waals surface area (Å²) in [4.78, 5) is 20.3. The highest BCUT2D eigenvalue weighted by Crippen LogP contribution is 2.22. The fraction of sp³-hybridized carbons (Fsp3) is 0.222. The zero-order valence-electron chi connectivity index (χ0n) is 8.16. The van der Waals surface area contributed by atoms with Crippen molar-refractivity contribution in [3.63, 3.8) is 0 Å². The van der Waals surface area contributed by atoms with Crippen molar-refractivity contribution in [3.8, 4) is 0 Å². The monoisotopic (exact) mass is 226 g/mol. The zero-order valence-corrected chi connectivity index (χ0v) is 8.16. The maximum atomic E-state index is 10.6. The number of nitrogens with one attached hydrogen (secondary N) is 1. The van der Waals surface area contributed by atoms with Crippen molar-refractivity contribution in [2.75, 3.05) is 11.9 Å². The Hall–Kier alpha value is -2.15. The average molecular weight is 226 g/mol. The van der Waals surface area contributed by atoms with Gasteiger partial charge < -0.3 is 15.5 Å². The summed E-state index contributed by atoms with van der Waals surface area (Å²) < 4.78 is 0. The normalized spacial score (nSPS) is 11.8. The molecular weight excluding hydrogens is 216 g/mol. The number of nitro groups is 1. The lowest BCUT2D eigenvalue weighted by Gasteiger charge is -2.08. The number of aliphatic carboxylic acids is 1. The molecule has 0 fully saturated rings. The van der Waals surface area contributed by atoms with Crippen molar-refractivity contribution in [1.82, 2.24) is 0 Å². The molecule has 0 spiro atoms. The van der Waals surface area contributed by atoms with Crippen LogP contribution in [-0.2, 0) is 4.79 Å². The van der Waals surface area contributed by atoms with Gasteiger partial charge in [-0.25, -0.2) is 4.79 Å². The summed E-state index contributed by atoms with van der Waals surface area (Å²) >= 11 is 0. The van der Waals surface area contributed by atoms with Crippen LogP contribution in [0.25, 0.3) is 0 Å². The third-order valence-corrected chi connectivity index (χ3v) is 1.87. The number of nitrogens with zero attached hydrogens (tertiary/aromatic N) is 1. The van der Waals surface area contributed by atoms with Gasteiger partial charge in [-0.1, -0.05) is 12.1 Å². The number of para-hydroxylation sites is 2.